The van der Waals surface area contributed by atoms with Crippen LogP contribution in [0.4, 0.5) is 4.39 Å². The Bertz CT molecular complexity index is 1000. The second-order valence-corrected chi connectivity index (χ2v) is 7.38. The Morgan fingerprint density at radius 3 is 2.50 bits per heavy atom. The second-order valence-electron chi connectivity index (χ2n) is 7.38. The van der Waals surface area contributed by atoms with Crippen LogP contribution in [0.15, 0.2) is 59.4 Å². The molecule has 28 heavy (non-hydrogen) atoms. The lowest BCUT2D eigenvalue weighted by Gasteiger charge is -2.32. The molecule has 1 unspecified atom stereocenters. The number of carbonyl (C=O) groups excluding carboxylic acids is 1. The quantitative estimate of drug-likeness (QED) is 0.664. The molecule has 2 aromatic carbocycles. The maximum Gasteiger partial charge on any atom is 0.326 e. The monoisotopic (exact) mass is 381 g/mol. The molecule has 0 aliphatic carbocycles. The molecule has 0 amide bonds. The number of carbonyl (C=O) groups is 1. The summed E-state index contributed by atoms with van der Waals surface area (Å²) in [5, 5.41) is 0. The van der Waals surface area contributed by atoms with Crippen LogP contribution in [0.5, 0.6) is 0 Å². The molecule has 0 spiro atoms. The number of Topliss-reactive ketones (excluding diaryl/α,β-unsaturated/α-hetero) is 1. The average Bonchev–Trinajstić information content (AvgIpc) is 3.08. The van der Waals surface area contributed by atoms with E-state index in [1.54, 1.807) is 24.3 Å². The Kier molecular flexibility index (Phi) is 5.39. The summed E-state index contributed by atoms with van der Waals surface area (Å²) >= 11 is 0. The highest BCUT2D eigenvalue weighted by Crippen LogP contribution is 2.25. The van der Waals surface area contributed by atoms with E-state index in [1.807, 2.05) is 34.9 Å². The predicted octanol–water partition coefficient (Wildman–Crippen LogP) is 3.58. The number of para-hydroxylation sites is 2. The van der Waals surface area contributed by atoms with Crippen LogP contribution in [0.25, 0.3) is 11.0 Å². The zero-order chi connectivity index (χ0) is 19.5. The number of nitrogens with zero attached hydrogens (tertiary/aromatic N) is 2. The molecule has 6 heteroatoms. The van der Waals surface area contributed by atoms with Crippen molar-refractivity contribution < 1.29 is 9.18 Å². The minimum absolute atomic E-state index is 0.0723. The summed E-state index contributed by atoms with van der Waals surface area (Å²) in [4.78, 5) is 29.6. The molecule has 0 bridgehead atoms. The van der Waals surface area contributed by atoms with Crippen LogP contribution in [0, 0.1) is 0 Å². The second kappa shape index (κ2) is 8.10. The van der Waals surface area contributed by atoms with Crippen LogP contribution in [0.1, 0.15) is 35.7 Å². The minimum atomic E-state index is -1.48. The fourth-order valence-electron chi connectivity index (χ4n) is 4.05. The van der Waals surface area contributed by atoms with E-state index < -0.39 is 12.0 Å². The number of imidazole rings is 1. The van der Waals surface area contributed by atoms with Crippen molar-refractivity contribution in [3.05, 3.63) is 70.6 Å². The van der Waals surface area contributed by atoms with Gasteiger partial charge in [-0.1, -0.05) is 42.5 Å². The highest BCUT2D eigenvalue weighted by Gasteiger charge is 2.25. The van der Waals surface area contributed by atoms with Gasteiger partial charge in [-0.3, -0.25) is 9.36 Å². The molecule has 1 aromatic heterocycles. The van der Waals surface area contributed by atoms with Crippen molar-refractivity contribution in [1.82, 2.24) is 14.5 Å². The van der Waals surface area contributed by atoms with Crippen LogP contribution >= 0.6 is 0 Å². The molecule has 1 N–H and O–H groups in total. The van der Waals surface area contributed by atoms with Crippen molar-refractivity contribution >= 4 is 16.8 Å². The molecular formula is C22H24FN3O2. The van der Waals surface area contributed by atoms with E-state index in [0.717, 1.165) is 37.0 Å². The molecule has 4 rings (SSSR count). The highest BCUT2D eigenvalue weighted by molar-refractivity contribution is 5.99. The van der Waals surface area contributed by atoms with Gasteiger partial charge in [0.1, 0.15) is 0 Å². The normalized spacial score (nSPS) is 17.0. The summed E-state index contributed by atoms with van der Waals surface area (Å²) in [7, 11) is 0. The van der Waals surface area contributed by atoms with Crippen molar-refractivity contribution in [2.24, 2.45) is 0 Å². The Labute approximate surface area is 162 Å². The van der Waals surface area contributed by atoms with Gasteiger partial charge in [0.15, 0.2) is 12.0 Å². The number of hydrogen-bond acceptors (Lipinski definition) is 3. The Hall–Kier alpha value is -2.73. The lowest BCUT2D eigenvalue weighted by molar-refractivity contribution is 0.0844. The lowest BCUT2D eigenvalue weighted by atomic mass is 10.0. The van der Waals surface area contributed by atoms with Crippen LogP contribution in [0.2, 0.25) is 0 Å². The standard InChI is InChI=1S/C22H24FN3O2/c23-18(21(27)16-6-2-1-3-7-16)12-15-25-13-10-17(11-14-25)26-20-9-5-4-8-19(20)24-22(26)28/h1-9,17-18H,10-15H2,(H,24,28). The van der Waals surface area contributed by atoms with E-state index in [9.17, 15) is 14.0 Å². The number of likely N-dealkylation sites (tertiary alicyclic amines) is 1. The van der Waals surface area contributed by atoms with E-state index in [4.69, 9.17) is 0 Å². The third-order valence-electron chi connectivity index (χ3n) is 5.59. The first-order chi connectivity index (χ1) is 13.6. The summed E-state index contributed by atoms with van der Waals surface area (Å²) in [5.41, 5.74) is 2.14. The maximum atomic E-state index is 14.3. The topological polar surface area (TPSA) is 58.1 Å². The van der Waals surface area contributed by atoms with Gasteiger partial charge in [-0.15, -0.1) is 0 Å². The van der Waals surface area contributed by atoms with Crippen molar-refractivity contribution in [1.29, 1.82) is 0 Å². The number of H-pyrrole nitrogens is 1. The smallest absolute Gasteiger partial charge is 0.306 e. The molecular weight excluding hydrogens is 357 g/mol. The number of ketones is 1. The number of benzene rings is 2. The largest absolute Gasteiger partial charge is 0.326 e. The van der Waals surface area contributed by atoms with Crippen LogP contribution in [-0.4, -0.2) is 46.0 Å². The first-order valence-electron chi connectivity index (χ1n) is 9.78. The average molecular weight is 381 g/mol. The number of piperidine rings is 1. The van der Waals surface area contributed by atoms with Gasteiger partial charge in [0.2, 0.25) is 0 Å². The summed E-state index contributed by atoms with van der Waals surface area (Å²) in [6.07, 6.45) is 0.401. The van der Waals surface area contributed by atoms with Crippen LogP contribution in [0.3, 0.4) is 0 Å². The van der Waals surface area contributed by atoms with Gasteiger partial charge in [0, 0.05) is 31.2 Å². The van der Waals surface area contributed by atoms with Gasteiger partial charge in [-0.05, 0) is 31.4 Å². The third kappa shape index (κ3) is 3.78. The molecule has 1 fully saturated rings. The van der Waals surface area contributed by atoms with Gasteiger partial charge in [-0.25, -0.2) is 9.18 Å². The van der Waals surface area contributed by atoms with Gasteiger partial charge >= 0.3 is 5.69 Å². The van der Waals surface area contributed by atoms with Crippen molar-refractivity contribution in [2.45, 2.75) is 31.5 Å². The van der Waals surface area contributed by atoms with Gasteiger partial charge in [0.05, 0.1) is 11.0 Å². The lowest BCUT2D eigenvalue weighted by Crippen LogP contribution is -2.38. The number of aromatic nitrogens is 2. The van der Waals surface area contributed by atoms with Crippen molar-refractivity contribution in [3.8, 4) is 0 Å². The minimum Gasteiger partial charge on any atom is -0.306 e. The van der Waals surface area contributed by atoms with Crippen molar-refractivity contribution in [2.75, 3.05) is 19.6 Å². The van der Waals surface area contributed by atoms with E-state index in [2.05, 4.69) is 9.88 Å². The molecule has 1 aliphatic rings. The van der Waals surface area contributed by atoms with Crippen LogP contribution < -0.4 is 5.69 Å². The van der Waals surface area contributed by atoms with Gasteiger partial charge in [0.25, 0.3) is 0 Å². The molecule has 1 saturated heterocycles. The van der Waals surface area contributed by atoms with Crippen LogP contribution in [-0.2, 0) is 0 Å². The third-order valence-corrected chi connectivity index (χ3v) is 5.59. The molecule has 1 atom stereocenters. The molecule has 0 saturated carbocycles. The molecule has 0 radical (unpaired) electrons. The number of rotatable bonds is 6. The van der Waals surface area contributed by atoms with E-state index in [1.165, 1.54) is 0 Å². The zero-order valence-electron chi connectivity index (χ0n) is 15.7. The van der Waals surface area contributed by atoms with E-state index >= 15 is 0 Å². The van der Waals surface area contributed by atoms with E-state index in [-0.39, 0.29) is 18.2 Å². The number of aromatic amines is 1. The number of halogens is 1. The highest BCUT2D eigenvalue weighted by atomic mass is 19.1. The Morgan fingerprint density at radius 1 is 1.07 bits per heavy atom. The number of hydrogen-bond donors (Lipinski definition) is 1. The Balaban J connectivity index is 1.33. The Morgan fingerprint density at radius 2 is 1.75 bits per heavy atom. The molecule has 3 aromatic rings. The maximum absolute atomic E-state index is 14.3. The fourth-order valence-corrected chi connectivity index (χ4v) is 4.05. The molecule has 5 nitrogen and oxygen atoms in total. The number of fused-ring (bicyclic) bond motifs is 1. The SMILES string of the molecule is O=C(c1ccccc1)C(F)CCN1CCC(n2c(=O)[nH]c3ccccc32)CC1. The summed E-state index contributed by atoms with van der Waals surface area (Å²) in [6, 6.07) is 16.5. The molecule has 2 heterocycles. The fraction of sp³-hybridized carbons (Fsp3) is 0.364. The summed E-state index contributed by atoms with van der Waals surface area (Å²) in [6.45, 7) is 2.14. The molecule has 146 valence electrons. The summed E-state index contributed by atoms with van der Waals surface area (Å²) < 4.78 is 16.2. The van der Waals surface area contributed by atoms with Gasteiger partial charge in [-0.2, -0.15) is 0 Å². The van der Waals surface area contributed by atoms with Crippen molar-refractivity contribution in [3.63, 3.8) is 0 Å². The molecule has 1 aliphatic heterocycles. The predicted molar refractivity (Wildman–Crippen MR) is 108 cm³/mol. The van der Waals surface area contributed by atoms with E-state index in [0.29, 0.717) is 12.1 Å². The number of alkyl halides is 1. The first-order valence-corrected chi connectivity index (χ1v) is 9.78. The number of nitrogens with one attached hydrogen (secondary N) is 1. The van der Waals surface area contributed by atoms with Gasteiger partial charge < -0.3 is 9.88 Å². The summed E-state index contributed by atoms with van der Waals surface area (Å²) in [5.74, 6) is -0.444. The first kappa shape index (κ1) is 18.6. The zero-order valence-corrected chi connectivity index (χ0v) is 15.7.